The second-order valence-corrected chi connectivity index (χ2v) is 7.37. The molecule has 2 N–H and O–H groups in total. The fourth-order valence-electron chi connectivity index (χ4n) is 3.87. The minimum atomic E-state index is -1.59. The molecule has 8 heteroatoms. The van der Waals surface area contributed by atoms with E-state index in [2.05, 4.69) is 0 Å². The van der Waals surface area contributed by atoms with Crippen LogP contribution in [0, 0.1) is 11.2 Å². The number of halogens is 1. The number of rotatable bonds is 6. The number of aliphatic hydroxyl groups is 1. The smallest absolute Gasteiger partial charge is 0.314 e. The molecular formula is C22H24FNO6. The number of carboxylic acid groups (broad SMARTS) is 1. The van der Waals surface area contributed by atoms with E-state index in [0.29, 0.717) is 11.3 Å². The first-order valence-corrected chi connectivity index (χ1v) is 9.48. The van der Waals surface area contributed by atoms with Crippen molar-refractivity contribution in [2.75, 3.05) is 27.3 Å². The highest BCUT2D eigenvalue weighted by molar-refractivity contribution is 5.97. The molecule has 0 radical (unpaired) electrons. The standard InChI is InChI=1S/C22H24FNO6/c1-29-16-5-3-4-14(10-16)12-22(21(27)28)13-24(9-8-19(22)25)20(26)17-7-6-15(23)11-18(17)30-2/h3-7,10-11,19,25H,8-9,12-13H2,1-2H3,(H,27,28)/t19-,22-/m1/s1. The average molecular weight is 417 g/mol. The maximum absolute atomic E-state index is 13.5. The van der Waals surface area contributed by atoms with Gasteiger partial charge in [-0.1, -0.05) is 12.1 Å². The molecule has 1 aliphatic heterocycles. The third-order valence-corrected chi connectivity index (χ3v) is 5.54. The number of carbonyl (C=O) groups is 2. The molecule has 0 aromatic heterocycles. The van der Waals surface area contributed by atoms with Crippen LogP contribution in [0.1, 0.15) is 22.3 Å². The number of methoxy groups -OCH3 is 2. The lowest BCUT2D eigenvalue weighted by molar-refractivity contribution is -0.161. The molecule has 1 fully saturated rings. The topological polar surface area (TPSA) is 96.3 Å². The van der Waals surface area contributed by atoms with Gasteiger partial charge in [-0.2, -0.15) is 0 Å². The van der Waals surface area contributed by atoms with Gasteiger partial charge in [-0.3, -0.25) is 9.59 Å². The fourth-order valence-corrected chi connectivity index (χ4v) is 3.87. The predicted octanol–water partition coefficient (Wildman–Crippen LogP) is 2.36. The molecule has 2 atom stereocenters. The SMILES string of the molecule is COc1cccc(C[C@@]2(C(=O)O)CN(C(=O)c3ccc(F)cc3OC)CC[C@H]2O)c1. The lowest BCUT2D eigenvalue weighted by Crippen LogP contribution is -2.58. The zero-order chi connectivity index (χ0) is 21.9. The summed E-state index contributed by atoms with van der Waals surface area (Å²) < 4.78 is 23.8. The van der Waals surface area contributed by atoms with Crippen LogP contribution in [0.3, 0.4) is 0 Å². The van der Waals surface area contributed by atoms with E-state index in [4.69, 9.17) is 9.47 Å². The number of aliphatic carboxylic acids is 1. The minimum Gasteiger partial charge on any atom is -0.497 e. The van der Waals surface area contributed by atoms with Crippen LogP contribution in [0.5, 0.6) is 11.5 Å². The molecule has 0 spiro atoms. The lowest BCUT2D eigenvalue weighted by Gasteiger charge is -2.43. The Morgan fingerprint density at radius 3 is 2.63 bits per heavy atom. The average Bonchev–Trinajstić information content (AvgIpc) is 2.74. The number of ether oxygens (including phenoxy) is 2. The van der Waals surface area contributed by atoms with Crippen molar-refractivity contribution in [2.24, 2.45) is 5.41 Å². The molecule has 160 valence electrons. The summed E-state index contributed by atoms with van der Waals surface area (Å²) in [6.07, 6.45) is -1.02. The number of carbonyl (C=O) groups excluding carboxylic acids is 1. The summed E-state index contributed by atoms with van der Waals surface area (Å²) in [5.74, 6) is -1.58. The summed E-state index contributed by atoms with van der Waals surface area (Å²) in [6.45, 7) is -0.0201. The van der Waals surface area contributed by atoms with Crippen LogP contribution in [0.4, 0.5) is 4.39 Å². The molecule has 0 bridgehead atoms. The Balaban J connectivity index is 1.93. The van der Waals surface area contributed by atoms with E-state index in [0.717, 1.165) is 12.1 Å². The van der Waals surface area contributed by atoms with Crippen LogP contribution in [-0.4, -0.2) is 60.4 Å². The van der Waals surface area contributed by atoms with Gasteiger partial charge < -0.3 is 24.6 Å². The summed E-state index contributed by atoms with van der Waals surface area (Å²) in [4.78, 5) is 26.8. The van der Waals surface area contributed by atoms with Gasteiger partial charge in [0.25, 0.3) is 5.91 Å². The van der Waals surface area contributed by atoms with Gasteiger partial charge in [0.05, 0.1) is 25.9 Å². The first kappa shape index (κ1) is 21.6. The quantitative estimate of drug-likeness (QED) is 0.749. The number of piperidine rings is 1. The first-order valence-electron chi connectivity index (χ1n) is 9.48. The number of likely N-dealkylation sites (tertiary alicyclic amines) is 1. The van der Waals surface area contributed by atoms with Gasteiger partial charge in [0, 0.05) is 19.2 Å². The van der Waals surface area contributed by atoms with E-state index in [1.807, 2.05) is 0 Å². The maximum Gasteiger partial charge on any atom is 0.314 e. The maximum atomic E-state index is 13.5. The van der Waals surface area contributed by atoms with E-state index in [-0.39, 0.29) is 37.2 Å². The zero-order valence-electron chi connectivity index (χ0n) is 16.8. The van der Waals surface area contributed by atoms with E-state index in [9.17, 15) is 24.2 Å². The Kier molecular flexibility index (Phi) is 6.26. The van der Waals surface area contributed by atoms with Crippen molar-refractivity contribution in [3.63, 3.8) is 0 Å². The van der Waals surface area contributed by atoms with Crippen LogP contribution in [0.25, 0.3) is 0 Å². The predicted molar refractivity (Wildman–Crippen MR) is 106 cm³/mol. The van der Waals surface area contributed by atoms with Gasteiger partial charge in [0.1, 0.15) is 22.7 Å². The molecule has 1 heterocycles. The Morgan fingerprint density at radius 2 is 1.97 bits per heavy atom. The van der Waals surface area contributed by atoms with Crippen molar-refractivity contribution < 1.29 is 33.7 Å². The van der Waals surface area contributed by atoms with Crippen LogP contribution >= 0.6 is 0 Å². The lowest BCUT2D eigenvalue weighted by atomic mass is 9.72. The zero-order valence-corrected chi connectivity index (χ0v) is 16.8. The fraction of sp³-hybridized carbons (Fsp3) is 0.364. The molecule has 0 saturated carbocycles. The van der Waals surface area contributed by atoms with E-state index in [1.54, 1.807) is 24.3 Å². The van der Waals surface area contributed by atoms with Crippen molar-refractivity contribution in [3.8, 4) is 11.5 Å². The van der Waals surface area contributed by atoms with E-state index < -0.39 is 29.2 Å². The van der Waals surface area contributed by atoms with Crippen molar-refractivity contribution >= 4 is 11.9 Å². The van der Waals surface area contributed by atoms with Crippen LogP contribution in [-0.2, 0) is 11.2 Å². The molecule has 0 unspecified atom stereocenters. The molecule has 1 saturated heterocycles. The van der Waals surface area contributed by atoms with Gasteiger partial charge in [-0.05, 0) is 42.7 Å². The molecular weight excluding hydrogens is 393 g/mol. The van der Waals surface area contributed by atoms with Crippen LogP contribution < -0.4 is 9.47 Å². The van der Waals surface area contributed by atoms with E-state index >= 15 is 0 Å². The Bertz CT molecular complexity index is 949. The summed E-state index contributed by atoms with van der Waals surface area (Å²) in [7, 11) is 2.84. The van der Waals surface area contributed by atoms with Crippen molar-refractivity contribution in [1.29, 1.82) is 0 Å². The van der Waals surface area contributed by atoms with Gasteiger partial charge in [-0.15, -0.1) is 0 Å². The van der Waals surface area contributed by atoms with Gasteiger partial charge >= 0.3 is 5.97 Å². The second kappa shape index (κ2) is 8.71. The molecule has 0 aliphatic carbocycles. The molecule has 2 aromatic rings. The van der Waals surface area contributed by atoms with Gasteiger partial charge in [0.2, 0.25) is 0 Å². The molecule has 1 amide bonds. The van der Waals surface area contributed by atoms with Gasteiger partial charge in [-0.25, -0.2) is 4.39 Å². The molecule has 3 rings (SSSR count). The highest BCUT2D eigenvalue weighted by Gasteiger charge is 2.50. The number of benzene rings is 2. The largest absolute Gasteiger partial charge is 0.497 e. The number of hydrogen-bond donors (Lipinski definition) is 2. The molecule has 1 aliphatic rings. The number of amides is 1. The number of nitrogens with zero attached hydrogens (tertiary/aromatic N) is 1. The second-order valence-electron chi connectivity index (χ2n) is 7.37. The van der Waals surface area contributed by atoms with Gasteiger partial charge in [0.15, 0.2) is 0 Å². The third kappa shape index (κ3) is 4.09. The van der Waals surface area contributed by atoms with Crippen molar-refractivity contribution in [2.45, 2.75) is 18.9 Å². The Labute approximate surface area is 173 Å². The monoisotopic (exact) mass is 417 g/mol. The Morgan fingerprint density at radius 1 is 1.20 bits per heavy atom. The summed E-state index contributed by atoms with van der Waals surface area (Å²) >= 11 is 0. The van der Waals surface area contributed by atoms with Crippen molar-refractivity contribution in [1.82, 2.24) is 4.90 Å². The number of aliphatic hydroxyl groups excluding tert-OH is 1. The summed E-state index contributed by atoms with van der Waals surface area (Å²) in [6, 6.07) is 10.5. The first-order chi connectivity index (χ1) is 14.3. The van der Waals surface area contributed by atoms with Crippen LogP contribution in [0.15, 0.2) is 42.5 Å². The third-order valence-electron chi connectivity index (χ3n) is 5.54. The van der Waals surface area contributed by atoms with Crippen LogP contribution in [0.2, 0.25) is 0 Å². The minimum absolute atomic E-state index is 0.0189. The Hall–Kier alpha value is -3.13. The normalized spacial score (nSPS) is 21.2. The summed E-state index contributed by atoms with van der Waals surface area (Å²) in [5, 5.41) is 20.7. The molecule has 2 aromatic carbocycles. The molecule has 7 nitrogen and oxygen atoms in total. The number of carboxylic acids is 1. The van der Waals surface area contributed by atoms with E-state index in [1.165, 1.54) is 25.2 Å². The summed E-state index contributed by atoms with van der Waals surface area (Å²) in [5.41, 5.74) is -0.784. The highest BCUT2D eigenvalue weighted by Crippen LogP contribution is 2.36. The highest BCUT2D eigenvalue weighted by atomic mass is 19.1. The number of hydrogen-bond acceptors (Lipinski definition) is 5. The van der Waals surface area contributed by atoms with Crippen molar-refractivity contribution in [3.05, 3.63) is 59.4 Å². The molecule has 30 heavy (non-hydrogen) atoms.